The van der Waals surface area contributed by atoms with E-state index in [9.17, 15) is 4.79 Å². The Morgan fingerprint density at radius 3 is 1.61 bits per heavy atom. The summed E-state index contributed by atoms with van der Waals surface area (Å²) < 4.78 is 12.1. The number of rotatable bonds is 31. The quantitative estimate of drug-likeness (QED) is 0.0778. The maximum absolute atomic E-state index is 12.6. The zero-order chi connectivity index (χ0) is 29.6. The number of H-pyrrole nitrogens is 1. The molecule has 0 bridgehead atoms. The van der Waals surface area contributed by atoms with Crippen LogP contribution in [0.15, 0.2) is 12.5 Å². The molecule has 0 saturated carbocycles. The smallest absolute Gasteiger partial charge is 0.237 e. The average molecular weight is 579 g/mol. The van der Waals surface area contributed by atoms with Crippen LogP contribution in [0.5, 0.6) is 0 Å². The van der Waals surface area contributed by atoms with Gasteiger partial charge in [0.15, 0.2) is 0 Å². The first-order valence-corrected chi connectivity index (χ1v) is 17.3. The fraction of sp³-hybridized carbons (Fsp3) is 0.882. The van der Waals surface area contributed by atoms with E-state index in [2.05, 4.69) is 29.1 Å². The number of unbranched alkanes of at least 4 members (excludes halogenated alkanes) is 18. The average Bonchev–Trinajstić information content (AvgIpc) is 3.49. The molecule has 1 amide bonds. The number of carbonyl (C=O) groups is 1. The van der Waals surface area contributed by atoms with Crippen LogP contribution in [-0.4, -0.2) is 54.9 Å². The molecule has 1 rings (SSSR count). The van der Waals surface area contributed by atoms with Crippen molar-refractivity contribution in [2.24, 2.45) is 11.7 Å². The lowest BCUT2D eigenvalue weighted by Gasteiger charge is -2.19. The summed E-state index contributed by atoms with van der Waals surface area (Å²) in [5, 5.41) is 3.02. The number of hydrogen-bond acceptors (Lipinski definition) is 5. The van der Waals surface area contributed by atoms with Crippen LogP contribution in [0.4, 0.5) is 0 Å². The molecule has 7 nitrogen and oxygen atoms in total. The zero-order valence-electron chi connectivity index (χ0n) is 26.9. The largest absolute Gasteiger partial charge is 0.381 e. The molecular formula is C34H66N4O3. The van der Waals surface area contributed by atoms with Crippen LogP contribution in [0.2, 0.25) is 0 Å². The van der Waals surface area contributed by atoms with Gasteiger partial charge in [-0.2, -0.15) is 0 Å². The number of hydrogen-bond donors (Lipinski definition) is 3. The second-order valence-electron chi connectivity index (χ2n) is 12.0. The second kappa shape index (κ2) is 28.7. The van der Waals surface area contributed by atoms with E-state index in [1.165, 1.54) is 116 Å². The fourth-order valence-corrected chi connectivity index (χ4v) is 5.15. The Bertz CT molecular complexity index is 643. The van der Waals surface area contributed by atoms with Crippen LogP contribution in [0.3, 0.4) is 0 Å². The number of nitrogens with zero attached hydrogens (tertiary/aromatic N) is 1. The summed E-state index contributed by atoms with van der Waals surface area (Å²) in [6.45, 7) is 7.82. The SMILES string of the molecule is CCCCCCCCCCCCOCC(CNC(=O)[C@@H](N)Cc1cnc[nH]1)COCCCCCCCCCCCC. The van der Waals surface area contributed by atoms with Gasteiger partial charge >= 0.3 is 0 Å². The van der Waals surface area contributed by atoms with Gasteiger partial charge in [0.2, 0.25) is 5.91 Å². The fourth-order valence-electron chi connectivity index (χ4n) is 5.15. The molecule has 0 radical (unpaired) electrons. The highest BCUT2D eigenvalue weighted by Gasteiger charge is 2.17. The van der Waals surface area contributed by atoms with Gasteiger partial charge in [0.05, 0.1) is 25.6 Å². The summed E-state index contributed by atoms with van der Waals surface area (Å²) in [5.74, 6) is -0.0152. The number of amides is 1. The zero-order valence-corrected chi connectivity index (χ0v) is 26.9. The van der Waals surface area contributed by atoms with Crippen LogP contribution < -0.4 is 11.1 Å². The van der Waals surface area contributed by atoms with Crippen molar-refractivity contribution in [1.82, 2.24) is 15.3 Å². The summed E-state index contributed by atoms with van der Waals surface area (Å²) in [4.78, 5) is 19.6. The number of nitrogens with one attached hydrogen (secondary N) is 2. The molecule has 0 aliphatic rings. The van der Waals surface area contributed by atoms with Gasteiger partial charge in [-0.25, -0.2) is 4.98 Å². The minimum atomic E-state index is -0.601. The van der Waals surface area contributed by atoms with E-state index in [0.717, 1.165) is 31.7 Å². The predicted octanol–water partition coefficient (Wildman–Crippen LogP) is 7.89. The Labute approximate surface area is 252 Å². The van der Waals surface area contributed by atoms with Gasteiger partial charge in [-0.05, 0) is 12.8 Å². The van der Waals surface area contributed by atoms with E-state index in [0.29, 0.717) is 26.2 Å². The molecular weight excluding hydrogens is 512 g/mol. The molecule has 0 fully saturated rings. The first-order valence-electron chi connectivity index (χ1n) is 17.3. The van der Waals surface area contributed by atoms with Crippen LogP contribution in [0.25, 0.3) is 0 Å². The molecule has 1 heterocycles. The molecule has 41 heavy (non-hydrogen) atoms. The molecule has 1 aromatic rings. The number of aromatic nitrogens is 2. The highest BCUT2D eigenvalue weighted by Crippen LogP contribution is 2.12. The maximum atomic E-state index is 12.6. The number of carbonyl (C=O) groups excluding carboxylic acids is 1. The molecule has 4 N–H and O–H groups in total. The molecule has 240 valence electrons. The van der Waals surface area contributed by atoms with Gasteiger partial charge in [0.1, 0.15) is 0 Å². The van der Waals surface area contributed by atoms with Crippen LogP contribution >= 0.6 is 0 Å². The third kappa shape index (κ3) is 23.8. The Hall–Kier alpha value is -1.44. The van der Waals surface area contributed by atoms with E-state index >= 15 is 0 Å². The first kappa shape index (κ1) is 37.6. The predicted molar refractivity (Wildman–Crippen MR) is 172 cm³/mol. The van der Waals surface area contributed by atoms with Crippen LogP contribution in [0, 0.1) is 5.92 Å². The molecule has 0 aliphatic heterocycles. The van der Waals surface area contributed by atoms with Crippen molar-refractivity contribution >= 4 is 5.91 Å². The van der Waals surface area contributed by atoms with Crippen molar-refractivity contribution < 1.29 is 14.3 Å². The van der Waals surface area contributed by atoms with Gasteiger partial charge < -0.3 is 25.5 Å². The van der Waals surface area contributed by atoms with E-state index in [1.54, 1.807) is 12.5 Å². The van der Waals surface area contributed by atoms with Gasteiger partial charge in [-0.3, -0.25) is 4.79 Å². The lowest BCUT2D eigenvalue weighted by molar-refractivity contribution is -0.122. The summed E-state index contributed by atoms with van der Waals surface area (Å²) in [6.07, 6.45) is 30.2. The van der Waals surface area contributed by atoms with Crippen molar-refractivity contribution in [3.05, 3.63) is 18.2 Å². The van der Waals surface area contributed by atoms with Crippen molar-refractivity contribution in [3.8, 4) is 0 Å². The van der Waals surface area contributed by atoms with Gasteiger partial charge in [-0.15, -0.1) is 0 Å². The minimum Gasteiger partial charge on any atom is -0.381 e. The van der Waals surface area contributed by atoms with Crippen molar-refractivity contribution in [2.75, 3.05) is 33.0 Å². The third-order valence-electron chi connectivity index (χ3n) is 7.89. The normalized spacial score (nSPS) is 12.3. The summed E-state index contributed by atoms with van der Waals surface area (Å²) >= 11 is 0. The number of ether oxygens (including phenoxy) is 2. The maximum Gasteiger partial charge on any atom is 0.237 e. The standard InChI is InChI=1S/C34H66N4O3/c1-3-5-7-9-11-13-15-17-19-21-23-40-28-31(26-37-34(39)33(35)25-32-27-36-30-38-32)29-41-24-22-20-18-16-14-12-10-8-6-4-2/h27,30-31,33H,3-26,28-29,35H2,1-2H3,(H,36,38)(H,37,39)/t33-/m0/s1. The topological polar surface area (TPSA) is 102 Å². The van der Waals surface area contributed by atoms with Gasteiger partial charge in [0.25, 0.3) is 0 Å². The number of nitrogens with two attached hydrogens (primary N) is 1. The summed E-state index contributed by atoms with van der Waals surface area (Å²) in [6, 6.07) is -0.601. The van der Waals surface area contributed by atoms with Crippen LogP contribution in [-0.2, 0) is 20.7 Å². The minimum absolute atomic E-state index is 0.129. The molecule has 0 aliphatic carbocycles. The van der Waals surface area contributed by atoms with E-state index in [-0.39, 0.29) is 11.8 Å². The Balaban J connectivity index is 2.20. The van der Waals surface area contributed by atoms with E-state index in [4.69, 9.17) is 15.2 Å². The lowest BCUT2D eigenvalue weighted by Crippen LogP contribution is -2.44. The molecule has 0 aromatic carbocycles. The molecule has 7 heteroatoms. The summed E-state index contributed by atoms with van der Waals surface area (Å²) in [7, 11) is 0. The summed E-state index contributed by atoms with van der Waals surface area (Å²) in [5.41, 5.74) is 6.98. The molecule has 1 aromatic heterocycles. The number of imidazole rings is 1. The van der Waals surface area contributed by atoms with Crippen molar-refractivity contribution in [1.29, 1.82) is 0 Å². The van der Waals surface area contributed by atoms with E-state index in [1.807, 2.05) is 0 Å². The van der Waals surface area contributed by atoms with Crippen molar-refractivity contribution in [2.45, 2.75) is 155 Å². The Morgan fingerprint density at radius 2 is 1.20 bits per heavy atom. The Kier molecular flexibility index (Phi) is 26.3. The molecule has 1 atom stereocenters. The van der Waals surface area contributed by atoms with Crippen molar-refractivity contribution in [3.63, 3.8) is 0 Å². The molecule has 0 spiro atoms. The molecule has 0 unspecified atom stereocenters. The number of aromatic amines is 1. The highest BCUT2D eigenvalue weighted by molar-refractivity contribution is 5.81. The van der Waals surface area contributed by atoms with E-state index < -0.39 is 6.04 Å². The third-order valence-corrected chi connectivity index (χ3v) is 7.89. The Morgan fingerprint density at radius 1 is 0.756 bits per heavy atom. The van der Waals surface area contributed by atoms with Gasteiger partial charge in [-0.1, -0.05) is 129 Å². The second-order valence-corrected chi connectivity index (χ2v) is 12.0. The van der Waals surface area contributed by atoms with Crippen LogP contribution in [0.1, 0.15) is 148 Å². The lowest BCUT2D eigenvalue weighted by atomic mass is 10.1. The monoisotopic (exact) mass is 579 g/mol. The molecule has 0 saturated heterocycles. The highest BCUT2D eigenvalue weighted by atomic mass is 16.5. The first-order chi connectivity index (χ1) is 20.2. The van der Waals surface area contributed by atoms with Gasteiger partial charge in [0, 0.05) is 44.0 Å².